The number of thioether (sulfide) groups is 1. The van der Waals surface area contributed by atoms with Crippen LogP contribution in [0.25, 0.3) is 0 Å². The van der Waals surface area contributed by atoms with Crippen molar-refractivity contribution in [2.45, 2.75) is 18.6 Å². The number of nitrogens with zero attached hydrogens (tertiary/aromatic N) is 2. The van der Waals surface area contributed by atoms with E-state index in [9.17, 15) is 13.6 Å². The SMILES string of the molecule is Cc1nc(C(=O)N2CCSC(c3cc(F)ccc3F)CC2)cs1. The molecule has 122 valence electrons. The van der Waals surface area contributed by atoms with Gasteiger partial charge in [-0.3, -0.25) is 4.79 Å². The standard InChI is InChI=1S/C16H16F2N2OS2/c1-10-19-14(9-23-10)16(21)20-5-4-15(22-7-6-20)12-8-11(17)2-3-13(12)18/h2-3,8-9,15H,4-7H2,1H3. The average Bonchev–Trinajstić information content (AvgIpc) is 2.82. The molecule has 0 aliphatic carbocycles. The van der Waals surface area contributed by atoms with Crippen molar-refractivity contribution in [2.24, 2.45) is 0 Å². The van der Waals surface area contributed by atoms with Gasteiger partial charge in [-0.15, -0.1) is 11.3 Å². The first kappa shape index (κ1) is 16.4. The third-order valence-corrected chi connectivity index (χ3v) is 5.86. The van der Waals surface area contributed by atoms with Gasteiger partial charge in [0, 0.05) is 35.0 Å². The zero-order valence-electron chi connectivity index (χ0n) is 12.6. The van der Waals surface area contributed by atoms with Crippen molar-refractivity contribution in [2.75, 3.05) is 18.8 Å². The number of benzene rings is 1. The fraction of sp³-hybridized carbons (Fsp3) is 0.375. The van der Waals surface area contributed by atoms with Crippen LogP contribution in [0.1, 0.15) is 32.7 Å². The summed E-state index contributed by atoms with van der Waals surface area (Å²) in [6.07, 6.45) is 0.597. The lowest BCUT2D eigenvalue weighted by Gasteiger charge is -2.19. The molecule has 1 atom stereocenters. The minimum absolute atomic E-state index is 0.0877. The van der Waals surface area contributed by atoms with Gasteiger partial charge >= 0.3 is 0 Å². The Labute approximate surface area is 141 Å². The van der Waals surface area contributed by atoms with E-state index < -0.39 is 5.82 Å². The van der Waals surface area contributed by atoms with E-state index in [1.165, 1.54) is 17.4 Å². The second kappa shape index (κ2) is 6.97. The van der Waals surface area contributed by atoms with E-state index in [-0.39, 0.29) is 17.0 Å². The number of rotatable bonds is 2. The molecule has 2 heterocycles. The van der Waals surface area contributed by atoms with Crippen LogP contribution in [-0.4, -0.2) is 34.6 Å². The number of aryl methyl sites for hydroxylation is 1. The van der Waals surface area contributed by atoms with Gasteiger partial charge in [-0.25, -0.2) is 13.8 Å². The smallest absolute Gasteiger partial charge is 0.273 e. The Morgan fingerprint density at radius 2 is 2.17 bits per heavy atom. The molecule has 3 nitrogen and oxygen atoms in total. The van der Waals surface area contributed by atoms with Gasteiger partial charge in [0.2, 0.25) is 0 Å². The van der Waals surface area contributed by atoms with E-state index in [0.717, 1.165) is 17.1 Å². The van der Waals surface area contributed by atoms with Crippen molar-refractivity contribution >= 4 is 29.0 Å². The van der Waals surface area contributed by atoms with Crippen LogP contribution in [0.3, 0.4) is 0 Å². The monoisotopic (exact) mass is 354 g/mol. The van der Waals surface area contributed by atoms with Crippen molar-refractivity contribution in [3.63, 3.8) is 0 Å². The second-order valence-electron chi connectivity index (χ2n) is 5.36. The van der Waals surface area contributed by atoms with E-state index in [4.69, 9.17) is 0 Å². The largest absolute Gasteiger partial charge is 0.336 e. The Bertz CT molecular complexity index is 720. The average molecular weight is 354 g/mol. The highest BCUT2D eigenvalue weighted by Crippen LogP contribution is 2.36. The maximum atomic E-state index is 13.9. The summed E-state index contributed by atoms with van der Waals surface area (Å²) in [5, 5.41) is 2.48. The first-order chi connectivity index (χ1) is 11.0. The Morgan fingerprint density at radius 3 is 2.91 bits per heavy atom. The quantitative estimate of drug-likeness (QED) is 0.816. The normalized spacial score (nSPS) is 18.7. The van der Waals surface area contributed by atoms with Crippen molar-refractivity contribution in [3.05, 3.63) is 51.5 Å². The molecule has 1 aliphatic rings. The van der Waals surface area contributed by atoms with Crippen LogP contribution in [0, 0.1) is 18.6 Å². The predicted molar refractivity (Wildman–Crippen MR) is 88.9 cm³/mol. The van der Waals surface area contributed by atoms with Crippen LogP contribution in [-0.2, 0) is 0 Å². The number of aromatic nitrogens is 1. The molecule has 23 heavy (non-hydrogen) atoms. The minimum Gasteiger partial charge on any atom is -0.336 e. The van der Waals surface area contributed by atoms with Crippen LogP contribution in [0.5, 0.6) is 0 Å². The number of hydrogen-bond acceptors (Lipinski definition) is 4. The molecular weight excluding hydrogens is 338 g/mol. The zero-order chi connectivity index (χ0) is 16.4. The van der Waals surface area contributed by atoms with Gasteiger partial charge in [-0.1, -0.05) is 0 Å². The molecule has 1 aromatic heterocycles. The summed E-state index contributed by atoms with van der Waals surface area (Å²) in [6.45, 7) is 2.97. The van der Waals surface area contributed by atoms with E-state index in [2.05, 4.69) is 4.98 Å². The molecule has 0 bridgehead atoms. The van der Waals surface area contributed by atoms with Crippen molar-refractivity contribution in [1.82, 2.24) is 9.88 Å². The molecule has 3 rings (SSSR count). The molecule has 1 fully saturated rings. The van der Waals surface area contributed by atoms with Crippen molar-refractivity contribution < 1.29 is 13.6 Å². The number of hydrogen-bond donors (Lipinski definition) is 0. The topological polar surface area (TPSA) is 33.2 Å². The Kier molecular flexibility index (Phi) is 4.96. The summed E-state index contributed by atoms with van der Waals surface area (Å²) in [5.74, 6) is -0.221. The molecule has 0 saturated carbocycles. The molecule has 1 amide bonds. The number of halogens is 2. The van der Waals surface area contributed by atoms with Crippen LogP contribution >= 0.6 is 23.1 Å². The van der Waals surface area contributed by atoms with Gasteiger partial charge in [0.05, 0.1) is 5.01 Å². The Hall–Kier alpha value is -1.47. The van der Waals surface area contributed by atoms with Gasteiger partial charge in [-0.05, 0) is 31.5 Å². The maximum absolute atomic E-state index is 13.9. The summed E-state index contributed by atoms with van der Waals surface area (Å²) < 4.78 is 27.3. The first-order valence-corrected chi connectivity index (χ1v) is 9.25. The summed E-state index contributed by atoms with van der Waals surface area (Å²) in [5.41, 5.74) is 0.849. The molecule has 0 spiro atoms. The third kappa shape index (κ3) is 3.72. The highest BCUT2D eigenvalue weighted by atomic mass is 32.2. The molecule has 1 unspecified atom stereocenters. The molecule has 7 heteroatoms. The molecule has 2 aromatic rings. The van der Waals surface area contributed by atoms with Crippen molar-refractivity contribution in [3.8, 4) is 0 Å². The Morgan fingerprint density at radius 1 is 1.35 bits per heavy atom. The summed E-state index contributed by atoms with van der Waals surface area (Å²) in [7, 11) is 0. The van der Waals surface area contributed by atoms with E-state index in [0.29, 0.717) is 36.5 Å². The van der Waals surface area contributed by atoms with Gasteiger partial charge < -0.3 is 4.90 Å². The van der Waals surface area contributed by atoms with Crippen LogP contribution in [0.4, 0.5) is 8.78 Å². The highest BCUT2D eigenvalue weighted by molar-refractivity contribution is 7.99. The number of amides is 1. The van der Waals surface area contributed by atoms with Crippen LogP contribution in [0.15, 0.2) is 23.6 Å². The Balaban J connectivity index is 1.72. The summed E-state index contributed by atoms with van der Waals surface area (Å²) in [4.78, 5) is 18.4. The number of thiazole rings is 1. The maximum Gasteiger partial charge on any atom is 0.273 e. The molecule has 1 saturated heterocycles. The molecule has 0 N–H and O–H groups in total. The van der Waals surface area contributed by atoms with Gasteiger partial charge in [0.1, 0.15) is 17.3 Å². The molecule has 1 aliphatic heterocycles. The summed E-state index contributed by atoms with van der Waals surface area (Å²) in [6, 6.07) is 3.55. The molecular formula is C16H16F2N2OS2. The fourth-order valence-corrected chi connectivity index (χ4v) is 4.44. The number of carbonyl (C=O) groups is 1. The first-order valence-electron chi connectivity index (χ1n) is 7.32. The van der Waals surface area contributed by atoms with Gasteiger partial charge in [0.25, 0.3) is 5.91 Å². The van der Waals surface area contributed by atoms with Gasteiger partial charge in [0.15, 0.2) is 0 Å². The summed E-state index contributed by atoms with van der Waals surface area (Å²) >= 11 is 3.01. The lowest BCUT2D eigenvalue weighted by atomic mass is 10.1. The van der Waals surface area contributed by atoms with E-state index >= 15 is 0 Å². The predicted octanol–water partition coefficient (Wildman–Crippen LogP) is 4.05. The minimum atomic E-state index is -0.433. The zero-order valence-corrected chi connectivity index (χ0v) is 14.2. The molecule has 0 radical (unpaired) electrons. The van der Waals surface area contributed by atoms with E-state index in [1.54, 1.807) is 22.0 Å². The van der Waals surface area contributed by atoms with Crippen LogP contribution < -0.4 is 0 Å². The second-order valence-corrected chi connectivity index (χ2v) is 7.73. The molecule has 1 aromatic carbocycles. The van der Waals surface area contributed by atoms with Gasteiger partial charge in [-0.2, -0.15) is 11.8 Å². The highest BCUT2D eigenvalue weighted by Gasteiger charge is 2.25. The lowest BCUT2D eigenvalue weighted by Crippen LogP contribution is -2.33. The van der Waals surface area contributed by atoms with Crippen molar-refractivity contribution in [1.29, 1.82) is 0 Å². The van der Waals surface area contributed by atoms with E-state index in [1.807, 2.05) is 6.92 Å². The van der Waals surface area contributed by atoms with Crippen LogP contribution in [0.2, 0.25) is 0 Å². The number of carbonyl (C=O) groups excluding carboxylic acids is 1. The lowest BCUT2D eigenvalue weighted by molar-refractivity contribution is 0.0761. The third-order valence-electron chi connectivity index (χ3n) is 3.77. The fourth-order valence-electron chi connectivity index (χ4n) is 2.61.